The first-order valence-corrected chi connectivity index (χ1v) is 6.38. The van der Waals surface area contributed by atoms with Crippen LogP contribution in [0, 0.1) is 0 Å². The summed E-state index contributed by atoms with van der Waals surface area (Å²) in [5.74, 6) is -1.99. The van der Waals surface area contributed by atoms with Crippen LogP contribution in [0.15, 0.2) is 42.5 Å². The van der Waals surface area contributed by atoms with Gasteiger partial charge in [-0.2, -0.15) is 0 Å². The molecule has 0 spiro atoms. The van der Waals surface area contributed by atoms with Crippen LogP contribution >= 0.6 is 11.6 Å². The SMILES string of the molecule is O=C(O)c1ccc(N2C(=O)c3ccc(Cl)cc3C2=O)cc1. The molecule has 0 aliphatic carbocycles. The molecule has 2 aromatic rings. The highest BCUT2D eigenvalue weighted by molar-refractivity contribution is 6.36. The average molecular weight is 302 g/mol. The minimum Gasteiger partial charge on any atom is -0.478 e. The van der Waals surface area contributed by atoms with Crippen molar-refractivity contribution >= 4 is 35.1 Å². The van der Waals surface area contributed by atoms with Gasteiger partial charge in [0.1, 0.15) is 0 Å². The number of carboxylic acids is 1. The zero-order valence-electron chi connectivity index (χ0n) is 10.5. The van der Waals surface area contributed by atoms with Crippen LogP contribution < -0.4 is 4.90 Å². The summed E-state index contributed by atoms with van der Waals surface area (Å²) in [6.07, 6.45) is 0. The van der Waals surface area contributed by atoms with Crippen LogP contribution in [-0.4, -0.2) is 22.9 Å². The van der Waals surface area contributed by atoms with Gasteiger partial charge in [0.05, 0.1) is 22.4 Å². The number of carbonyl (C=O) groups excluding carboxylic acids is 2. The van der Waals surface area contributed by atoms with Crippen molar-refractivity contribution < 1.29 is 19.5 Å². The third-order valence-corrected chi connectivity index (χ3v) is 3.46. The van der Waals surface area contributed by atoms with E-state index in [-0.39, 0.29) is 16.7 Å². The molecule has 1 aliphatic heterocycles. The van der Waals surface area contributed by atoms with Crippen molar-refractivity contribution in [1.82, 2.24) is 0 Å². The van der Waals surface area contributed by atoms with Gasteiger partial charge < -0.3 is 5.11 Å². The van der Waals surface area contributed by atoms with E-state index in [1.165, 1.54) is 36.4 Å². The van der Waals surface area contributed by atoms with Gasteiger partial charge in [-0.25, -0.2) is 9.69 Å². The number of imide groups is 1. The molecule has 5 nitrogen and oxygen atoms in total. The fraction of sp³-hybridized carbons (Fsp3) is 0. The fourth-order valence-electron chi connectivity index (χ4n) is 2.20. The molecule has 2 amide bonds. The van der Waals surface area contributed by atoms with Crippen molar-refractivity contribution in [1.29, 1.82) is 0 Å². The number of halogens is 1. The van der Waals surface area contributed by atoms with E-state index in [9.17, 15) is 14.4 Å². The number of fused-ring (bicyclic) bond motifs is 1. The van der Waals surface area contributed by atoms with Crippen molar-refractivity contribution in [2.75, 3.05) is 4.90 Å². The highest BCUT2D eigenvalue weighted by Gasteiger charge is 2.36. The van der Waals surface area contributed by atoms with Crippen LogP contribution in [0.5, 0.6) is 0 Å². The van der Waals surface area contributed by atoms with E-state index < -0.39 is 17.8 Å². The Morgan fingerprint density at radius 2 is 1.57 bits per heavy atom. The van der Waals surface area contributed by atoms with E-state index in [1.807, 2.05) is 0 Å². The van der Waals surface area contributed by atoms with E-state index in [4.69, 9.17) is 16.7 Å². The third-order valence-electron chi connectivity index (χ3n) is 3.22. The first-order valence-electron chi connectivity index (χ1n) is 6.01. The maximum atomic E-state index is 12.3. The number of nitrogens with zero attached hydrogens (tertiary/aromatic N) is 1. The molecule has 0 radical (unpaired) electrons. The lowest BCUT2D eigenvalue weighted by atomic mass is 10.1. The van der Waals surface area contributed by atoms with Crippen molar-refractivity contribution in [3.63, 3.8) is 0 Å². The van der Waals surface area contributed by atoms with Gasteiger partial charge >= 0.3 is 5.97 Å². The van der Waals surface area contributed by atoms with E-state index in [1.54, 1.807) is 6.07 Å². The van der Waals surface area contributed by atoms with Crippen molar-refractivity contribution in [3.05, 3.63) is 64.2 Å². The molecular weight excluding hydrogens is 294 g/mol. The Kier molecular flexibility index (Phi) is 2.99. The highest BCUT2D eigenvalue weighted by Crippen LogP contribution is 2.30. The highest BCUT2D eigenvalue weighted by atomic mass is 35.5. The van der Waals surface area contributed by atoms with Crippen LogP contribution in [0.4, 0.5) is 5.69 Å². The first kappa shape index (κ1) is 13.3. The summed E-state index contributed by atoms with van der Waals surface area (Å²) in [6.45, 7) is 0. The number of hydrogen-bond donors (Lipinski definition) is 1. The second-order valence-corrected chi connectivity index (χ2v) is 4.92. The lowest BCUT2D eigenvalue weighted by molar-refractivity contribution is 0.0696. The predicted octanol–water partition coefficient (Wildman–Crippen LogP) is 2.84. The van der Waals surface area contributed by atoms with Crippen LogP contribution in [0.2, 0.25) is 5.02 Å². The summed E-state index contributed by atoms with van der Waals surface area (Å²) in [6, 6.07) is 10.0. The molecule has 3 rings (SSSR count). The molecule has 0 aromatic heterocycles. The second-order valence-electron chi connectivity index (χ2n) is 4.49. The van der Waals surface area contributed by atoms with E-state index in [0.29, 0.717) is 10.7 Å². The quantitative estimate of drug-likeness (QED) is 0.866. The maximum Gasteiger partial charge on any atom is 0.335 e. The Hall–Kier alpha value is -2.66. The van der Waals surface area contributed by atoms with Gasteiger partial charge in [-0.3, -0.25) is 9.59 Å². The maximum absolute atomic E-state index is 12.3. The minimum absolute atomic E-state index is 0.0819. The van der Waals surface area contributed by atoms with Crippen LogP contribution in [0.25, 0.3) is 0 Å². The number of rotatable bonds is 2. The Morgan fingerprint density at radius 1 is 0.952 bits per heavy atom. The third kappa shape index (κ3) is 2.08. The molecular formula is C15H8ClNO4. The summed E-state index contributed by atoms with van der Waals surface area (Å²) in [7, 11) is 0. The number of anilines is 1. The van der Waals surface area contributed by atoms with Crippen molar-refractivity contribution in [2.24, 2.45) is 0 Å². The molecule has 6 heteroatoms. The summed E-state index contributed by atoms with van der Waals surface area (Å²) in [5.41, 5.74) is 0.933. The Bertz CT molecular complexity index is 783. The first-order chi connectivity index (χ1) is 9.99. The van der Waals surface area contributed by atoms with Gasteiger partial charge in [-0.1, -0.05) is 11.6 Å². The molecule has 0 bridgehead atoms. The zero-order chi connectivity index (χ0) is 15.1. The van der Waals surface area contributed by atoms with Crippen LogP contribution in [0.3, 0.4) is 0 Å². The number of carbonyl (C=O) groups is 3. The topological polar surface area (TPSA) is 74.7 Å². The van der Waals surface area contributed by atoms with E-state index in [2.05, 4.69) is 0 Å². The Morgan fingerprint density at radius 3 is 2.19 bits per heavy atom. The molecule has 0 unspecified atom stereocenters. The Labute approximate surface area is 124 Å². The monoisotopic (exact) mass is 301 g/mol. The van der Waals surface area contributed by atoms with Gasteiger partial charge in [0.15, 0.2) is 0 Å². The van der Waals surface area contributed by atoms with E-state index in [0.717, 1.165) is 4.90 Å². The summed E-state index contributed by atoms with van der Waals surface area (Å²) >= 11 is 5.84. The smallest absolute Gasteiger partial charge is 0.335 e. The lowest BCUT2D eigenvalue weighted by Gasteiger charge is -2.13. The average Bonchev–Trinajstić information content (AvgIpc) is 2.70. The van der Waals surface area contributed by atoms with Gasteiger partial charge in [0.2, 0.25) is 0 Å². The summed E-state index contributed by atoms with van der Waals surface area (Å²) in [4.78, 5) is 36.4. The molecule has 104 valence electrons. The Balaban J connectivity index is 2.03. The van der Waals surface area contributed by atoms with Gasteiger partial charge in [0.25, 0.3) is 11.8 Å². The molecule has 0 saturated carbocycles. The van der Waals surface area contributed by atoms with Crippen molar-refractivity contribution in [3.8, 4) is 0 Å². The van der Waals surface area contributed by atoms with Gasteiger partial charge in [-0.05, 0) is 42.5 Å². The van der Waals surface area contributed by atoms with Crippen LogP contribution in [0.1, 0.15) is 31.1 Å². The summed E-state index contributed by atoms with van der Waals surface area (Å²) < 4.78 is 0. The van der Waals surface area contributed by atoms with E-state index >= 15 is 0 Å². The summed E-state index contributed by atoms with van der Waals surface area (Å²) in [5, 5.41) is 9.23. The molecule has 1 heterocycles. The normalized spacial score (nSPS) is 13.5. The molecule has 1 aliphatic rings. The molecule has 1 N–H and O–H groups in total. The molecule has 0 atom stereocenters. The molecule has 0 saturated heterocycles. The number of carboxylic acid groups (broad SMARTS) is 1. The van der Waals surface area contributed by atoms with Crippen molar-refractivity contribution in [2.45, 2.75) is 0 Å². The van der Waals surface area contributed by atoms with Gasteiger partial charge in [-0.15, -0.1) is 0 Å². The molecule has 0 fully saturated rings. The van der Waals surface area contributed by atoms with Gasteiger partial charge in [0, 0.05) is 5.02 Å². The zero-order valence-corrected chi connectivity index (χ0v) is 11.3. The molecule has 2 aromatic carbocycles. The standard InChI is InChI=1S/C15H8ClNO4/c16-9-3-6-11-12(7-9)14(19)17(13(11)18)10-4-1-8(2-5-10)15(20)21/h1-7H,(H,20,21). The number of amides is 2. The second kappa shape index (κ2) is 4.71. The van der Waals surface area contributed by atoms with Crippen LogP contribution in [-0.2, 0) is 0 Å². The lowest BCUT2D eigenvalue weighted by Crippen LogP contribution is -2.29. The number of benzene rings is 2. The minimum atomic E-state index is -1.07. The molecule has 21 heavy (non-hydrogen) atoms. The predicted molar refractivity (Wildman–Crippen MR) is 76.0 cm³/mol. The number of hydrogen-bond acceptors (Lipinski definition) is 3. The largest absolute Gasteiger partial charge is 0.478 e. The number of aromatic carboxylic acids is 1. The fourth-order valence-corrected chi connectivity index (χ4v) is 2.37.